The molecule has 0 fully saturated rings. The van der Waals surface area contributed by atoms with E-state index >= 15 is 0 Å². The van der Waals surface area contributed by atoms with Gasteiger partial charge in [0.2, 0.25) is 0 Å². The van der Waals surface area contributed by atoms with Crippen LogP contribution in [0.25, 0.3) is 0 Å². The fraction of sp³-hybridized carbons (Fsp3) is 0.333. The fourth-order valence-electron chi connectivity index (χ4n) is 0.379. The van der Waals surface area contributed by atoms with Crippen LogP contribution in [0, 0.1) is 11.3 Å². The summed E-state index contributed by atoms with van der Waals surface area (Å²) in [6.07, 6.45) is 0. The largest absolute Gasteiger partial charge is 0.500 e. The highest BCUT2D eigenvalue weighted by Gasteiger charge is 2.09. The average molecular weight is 141 g/mol. The maximum Gasteiger partial charge on any atom is 0.349 e. The first-order valence-electron chi connectivity index (χ1n) is 2.51. The fourth-order valence-corrected chi connectivity index (χ4v) is 0.379. The second kappa shape index (κ2) is 3.51. The highest BCUT2D eigenvalue weighted by molar-refractivity contribution is 5.91. The highest BCUT2D eigenvalue weighted by Crippen LogP contribution is 2.02. The normalized spacial score (nSPS) is 11.3. The number of carboxylic acid groups (broad SMARTS) is 1. The van der Waals surface area contributed by atoms with E-state index in [1.165, 1.54) is 20.1 Å². The summed E-state index contributed by atoms with van der Waals surface area (Å²) < 4.78 is 4.54. The molecule has 0 aromatic carbocycles. The summed E-state index contributed by atoms with van der Waals surface area (Å²) in [7, 11) is 1.32. The third-order valence-electron chi connectivity index (χ3n) is 0.984. The third kappa shape index (κ3) is 1.78. The predicted molar refractivity (Wildman–Crippen MR) is 33.0 cm³/mol. The van der Waals surface area contributed by atoms with Gasteiger partial charge in [-0.25, -0.2) is 4.79 Å². The minimum Gasteiger partial charge on any atom is -0.500 e. The number of allylic oxidation sites excluding steroid dienone is 1. The lowest BCUT2D eigenvalue weighted by molar-refractivity contribution is -0.132. The zero-order valence-electron chi connectivity index (χ0n) is 5.71. The molecule has 0 rings (SSSR count). The van der Waals surface area contributed by atoms with E-state index in [-0.39, 0.29) is 11.3 Å². The van der Waals surface area contributed by atoms with Crippen LogP contribution < -0.4 is 0 Å². The summed E-state index contributed by atoms with van der Waals surface area (Å²) in [5.41, 5.74) is -0.359. The quantitative estimate of drug-likeness (QED) is 0.345. The lowest BCUT2D eigenvalue weighted by atomic mass is 10.2. The molecule has 0 atom stereocenters. The first-order chi connectivity index (χ1) is 4.63. The van der Waals surface area contributed by atoms with Crippen LogP contribution in [-0.2, 0) is 9.53 Å². The zero-order chi connectivity index (χ0) is 8.15. The van der Waals surface area contributed by atoms with Crippen LogP contribution in [-0.4, -0.2) is 18.2 Å². The first kappa shape index (κ1) is 8.50. The maximum atomic E-state index is 10.2. The number of hydrogen-bond acceptors (Lipinski definition) is 3. The van der Waals surface area contributed by atoms with Crippen molar-refractivity contribution in [1.29, 1.82) is 5.26 Å². The molecule has 0 aliphatic rings. The van der Waals surface area contributed by atoms with Gasteiger partial charge in [-0.05, 0) is 6.92 Å². The molecule has 54 valence electrons. The Balaban J connectivity index is 4.68. The molecule has 0 heterocycles. The van der Waals surface area contributed by atoms with E-state index in [9.17, 15) is 4.79 Å². The first-order valence-corrected chi connectivity index (χ1v) is 2.51. The van der Waals surface area contributed by atoms with Crippen molar-refractivity contribution >= 4 is 5.97 Å². The van der Waals surface area contributed by atoms with Crippen LogP contribution in [0.4, 0.5) is 0 Å². The summed E-state index contributed by atoms with van der Waals surface area (Å²) in [6, 6.07) is 1.51. The van der Waals surface area contributed by atoms with Gasteiger partial charge in [0.05, 0.1) is 7.11 Å². The van der Waals surface area contributed by atoms with Crippen molar-refractivity contribution in [2.24, 2.45) is 0 Å². The van der Waals surface area contributed by atoms with Crippen molar-refractivity contribution in [1.82, 2.24) is 0 Å². The molecule has 0 bridgehead atoms. The number of carbonyl (C=O) groups is 1. The molecule has 0 unspecified atom stereocenters. The molecular formula is C6H7NO3. The molecular weight excluding hydrogens is 134 g/mol. The van der Waals surface area contributed by atoms with Gasteiger partial charge in [0.25, 0.3) is 0 Å². The number of carboxylic acids is 1. The van der Waals surface area contributed by atoms with Crippen LogP contribution in [0.3, 0.4) is 0 Å². The minimum atomic E-state index is -1.26. The molecule has 4 nitrogen and oxygen atoms in total. The number of nitriles is 1. The second-order valence-electron chi connectivity index (χ2n) is 1.55. The van der Waals surface area contributed by atoms with E-state index < -0.39 is 5.97 Å². The lowest BCUT2D eigenvalue weighted by Crippen LogP contribution is -2.01. The van der Waals surface area contributed by atoms with E-state index in [4.69, 9.17) is 10.4 Å². The Bertz CT molecular complexity index is 212. The van der Waals surface area contributed by atoms with Crippen LogP contribution >= 0.6 is 0 Å². The molecule has 0 aliphatic carbocycles. The number of nitrogens with zero attached hydrogens (tertiary/aromatic N) is 1. The van der Waals surface area contributed by atoms with Gasteiger partial charge in [-0.3, -0.25) is 0 Å². The Morgan fingerprint density at radius 1 is 1.70 bits per heavy atom. The summed E-state index contributed by atoms with van der Waals surface area (Å²) in [5.74, 6) is -1.14. The van der Waals surface area contributed by atoms with Gasteiger partial charge < -0.3 is 9.84 Å². The van der Waals surface area contributed by atoms with Gasteiger partial charge in [-0.2, -0.15) is 5.26 Å². The SMILES string of the molecule is COC(C)=C(C#N)C(=O)O. The molecule has 10 heavy (non-hydrogen) atoms. The Morgan fingerprint density at radius 2 is 2.20 bits per heavy atom. The van der Waals surface area contributed by atoms with E-state index in [1.54, 1.807) is 0 Å². The third-order valence-corrected chi connectivity index (χ3v) is 0.984. The summed E-state index contributed by atoms with van der Waals surface area (Å²) in [4.78, 5) is 10.2. The number of methoxy groups -OCH3 is 1. The van der Waals surface area contributed by atoms with Gasteiger partial charge >= 0.3 is 5.97 Å². The highest BCUT2D eigenvalue weighted by atomic mass is 16.5. The number of rotatable bonds is 2. The van der Waals surface area contributed by atoms with Crippen molar-refractivity contribution < 1.29 is 14.6 Å². The molecule has 0 aromatic heterocycles. The van der Waals surface area contributed by atoms with Crippen molar-refractivity contribution in [3.05, 3.63) is 11.3 Å². The van der Waals surface area contributed by atoms with E-state index in [2.05, 4.69) is 4.74 Å². The van der Waals surface area contributed by atoms with Crippen molar-refractivity contribution in [2.45, 2.75) is 6.92 Å². The van der Waals surface area contributed by atoms with Gasteiger partial charge in [0, 0.05) is 0 Å². The molecule has 0 amide bonds. The number of aliphatic carboxylic acids is 1. The van der Waals surface area contributed by atoms with Crippen LogP contribution in [0.15, 0.2) is 11.3 Å². The summed E-state index contributed by atoms with van der Waals surface area (Å²) in [5, 5.41) is 16.5. The Hall–Kier alpha value is -1.50. The second-order valence-corrected chi connectivity index (χ2v) is 1.55. The van der Waals surface area contributed by atoms with Crippen LogP contribution in [0.5, 0.6) is 0 Å². The number of ether oxygens (including phenoxy) is 1. The molecule has 0 saturated carbocycles. The molecule has 0 aliphatic heterocycles. The summed E-state index contributed by atoms with van der Waals surface area (Å²) in [6.45, 7) is 1.42. The van der Waals surface area contributed by atoms with Crippen molar-refractivity contribution in [3.63, 3.8) is 0 Å². The van der Waals surface area contributed by atoms with Gasteiger partial charge in [0.15, 0.2) is 5.57 Å². The molecule has 4 heteroatoms. The topological polar surface area (TPSA) is 70.3 Å². The van der Waals surface area contributed by atoms with Crippen molar-refractivity contribution in [2.75, 3.05) is 7.11 Å². The standard InChI is InChI=1S/C6H7NO3/c1-4(10-2)5(3-7)6(8)9/h1-2H3,(H,8,9). The molecule has 0 saturated heterocycles. The average Bonchev–Trinajstić information content (AvgIpc) is 1.88. The smallest absolute Gasteiger partial charge is 0.349 e. The Morgan fingerprint density at radius 3 is 2.30 bits per heavy atom. The van der Waals surface area contributed by atoms with Gasteiger partial charge in [-0.1, -0.05) is 0 Å². The van der Waals surface area contributed by atoms with Gasteiger partial charge in [0.1, 0.15) is 11.8 Å². The zero-order valence-corrected chi connectivity index (χ0v) is 5.71. The molecule has 0 aromatic rings. The molecule has 0 spiro atoms. The lowest BCUT2D eigenvalue weighted by Gasteiger charge is -1.97. The van der Waals surface area contributed by atoms with Crippen LogP contribution in [0.2, 0.25) is 0 Å². The van der Waals surface area contributed by atoms with Crippen molar-refractivity contribution in [3.8, 4) is 6.07 Å². The maximum absolute atomic E-state index is 10.2. The van der Waals surface area contributed by atoms with Crippen LogP contribution in [0.1, 0.15) is 6.92 Å². The summed E-state index contributed by atoms with van der Waals surface area (Å²) >= 11 is 0. The Labute approximate surface area is 58.3 Å². The van der Waals surface area contributed by atoms with E-state index in [1.807, 2.05) is 0 Å². The Kier molecular flexibility index (Phi) is 2.98. The monoisotopic (exact) mass is 141 g/mol. The van der Waals surface area contributed by atoms with Gasteiger partial charge in [-0.15, -0.1) is 0 Å². The predicted octanol–water partition coefficient (Wildman–Crippen LogP) is 0.515. The minimum absolute atomic E-state index is 0.120. The van der Waals surface area contributed by atoms with E-state index in [0.717, 1.165) is 0 Å². The number of hydrogen-bond donors (Lipinski definition) is 1. The van der Waals surface area contributed by atoms with E-state index in [0.29, 0.717) is 0 Å². The molecule has 1 N–H and O–H groups in total. The molecule has 0 radical (unpaired) electrons.